The molecular weight excluding hydrogens is 258 g/mol. The van der Waals surface area contributed by atoms with Gasteiger partial charge in [-0.2, -0.15) is 0 Å². The van der Waals surface area contributed by atoms with Crippen LogP contribution in [0.2, 0.25) is 0 Å². The molecule has 0 heterocycles. The third kappa shape index (κ3) is 4.03. The fourth-order valence-corrected chi connectivity index (χ4v) is 2.07. The van der Waals surface area contributed by atoms with Gasteiger partial charge in [-0.25, -0.2) is 0 Å². The number of nitro groups is 1. The summed E-state index contributed by atoms with van der Waals surface area (Å²) < 4.78 is 0. The van der Waals surface area contributed by atoms with Crippen LogP contribution in [-0.4, -0.2) is 17.4 Å². The molecule has 0 aliphatic carbocycles. The average molecular weight is 279 g/mol. The van der Waals surface area contributed by atoms with Crippen molar-refractivity contribution in [1.82, 2.24) is 0 Å². The molecule has 0 radical (unpaired) electrons. The molecule has 1 aromatic carbocycles. The number of nitrogens with zero attached hydrogens (tertiary/aromatic N) is 1. The first-order valence-corrected chi connectivity index (χ1v) is 6.61. The van der Waals surface area contributed by atoms with E-state index in [-0.39, 0.29) is 24.1 Å². The Morgan fingerprint density at radius 3 is 2.60 bits per heavy atom. The monoisotopic (exact) mass is 279 g/mol. The number of nitro benzene ring substituents is 1. The zero-order valence-corrected chi connectivity index (χ0v) is 12.1. The summed E-state index contributed by atoms with van der Waals surface area (Å²) >= 11 is 0. The summed E-state index contributed by atoms with van der Waals surface area (Å²) in [5.74, 6) is -0.112. The zero-order valence-electron chi connectivity index (χ0n) is 12.1. The average Bonchev–Trinajstić information content (AvgIpc) is 2.37. The number of nitrogens with two attached hydrogens (primary N) is 1. The molecule has 1 unspecified atom stereocenters. The normalized spacial score (nSPS) is 12.2. The molecule has 0 spiro atoms. The Morgan fingerprint density at radius 2 is 2.10 bits per heavy atom. The van der Waals surface area contributed by atoms with Gasteiger partial charge in [0, 0.05) is 12.6 Å². The van der Waals surface area contributed by atoms with Crippen LogP contribution in [-0.2, 0) is 4.79 Å². The van der Waals surface area contributed by atoms with E-state index < -0.39 is 4.92 Å². The van der Waals surface area contributed by atoms with Gasteiger partial charge < -0.3 is 11.1 Å². The highest BCUT2D eigenvalue weighted by Crippen LogP contribution is 2.25. The Labute approximate surface area is 118 Å². The van der Waals surface area contributed by atoms with Gasteiger partial charge in [-0.05, 0) is 25.3 Å². The number of rotatable bonds is 6. The first-order chi connectivity index (χ1) is 9.36. The van der Waals surface area contributed by atoms with Gasteiger partial charge in [0.05, 0.1) is 22.1 Å². The van der Waals surface area contributed by atoms with Gasteiger partial charge in [0.1, 0.15) is 0 Å². The van der Waals surface area contributed by atoms with Crippen molar-refractivity contribution in [2.75, 3.05) is 11.9 Å². The van der Waals surface area contributed by atoms with E-state index in [2.05, 4.69) is 5.32 Å². The molecule has 0 aliphatic heterocycles. The molecule has 6 heteroatoms. The molecule has 1 rings (SSSR count). The first-order valence-electron chi connectivity index (χ1n) is 6.61. The van der Waals surface area contributed by atoms with Crippen LogP contribution in [0.4, 0.5) is 11.4 Å². The van der Waals surface area contributed by atoms with Gasteiger partial charge in [-0.1, -0.05) is 19.9 Å². The topological polar surface area (TPSA) is 98.3 Å². The van der Waals surface area contributed by atoms with Crippen molar-refractivity contribution in [2.24, 2.45) is 17.6 Å². The van der Waals surface area contributed by atoms with E-state index in [9.17, 15) is 14.9 Å². The molecule has 0 bridgehead atoms. The van der Waals surface area contributed by atoms with Gasteiger partial charge in [-0.15, -0.1) is 0 Å². The van der Waals surface area contributed by atoms with Crippen LogP contribution >= 0.6 is 0 Å². The fraction of sp³-hybridized carbons (Fsp3) is 0.500. The third-order valence-electron chi connectivity index (χ3n) is 3.17. The molecule has 1 aromatic rings. The molecule has 1 atom stereocenters. The Hall–Kier alpha value is -1.95. The minimum atomic E-state index is -0.459. The summed E-state index contributed by atoms with van der Waals surface area (Å²) in [5.41, 5.74) is 6.53. The van der Waals surface area contributed by atoms with Gasteiger partial charge in [0.15, 0.2) is 0 Å². The molecule has 110 valence electrons. The van der Waals surface area contributed by atoms with E-state index in [1.54, 1.807) is 19.1 Å². The summed E-state index contributed by atoms with van der Waals surface area (Å²) in [7, 11) is 0. The van der Waals surface area contributed by atoms with Crippen molar-refractivity contribution < 1.29 is 9.72 Å². The largest absolute Gasteiger partial charge is 0.330 e. The number of hydrogen-bond donors (Lipinski definition) is 2. The van der Waals surface area contributed by atoms with Crippen LogP contribution in [0.15, 0.2) is 18.2 Å². The van der Waals surface area contributed by atoms with Crippen LogP contribution in [0.25, 0.3) is 0 Å². The highest BCUT2D eigenvalue weighted by atomic mass is 16.6. The number of anilines is 1. The fourth-order valence-electron chi connectivity index (χ4n) is 2.07. The maximum absolute atomic E-state index is 12.2. The maximum Gasteiger partial charge on any atom is 0.274 e. The minimum absolute atomic E-state index is 0.00374. The number of carbonyl (C=O) groups excluding carboxylic acids is 1. The number of amides is 1. The predicted molar refractivity (Wildman–Crippen MR) is 78.5 cm³/mol. The molecule has 0 saturated carbocycles. The van der Waals surface area contributed by atoms with Crippen LogP contribution in [0.1, 0.15) is 25.8 Å². The lowest BCUT2D eigenvalue weighted by atomic mass is 9.96. The molecule has 6 nitrogen and oxygen atoms in total. The van der Waals surface area contributed by atoms with Crippen molar-refractivity contribution in [3.05, 3.63) is 33.9 Å². The van der Waals surface area contributed by atoms with Crippen LogP contribution in [0.3, 0.4) is 0 Å². The Kier molecular flexibility index (Phi) is 5.64. The second-order valence-corrected chi connectivity index (χ2v) is 5.26. The SMILES string of the molecule is Cc1c(NC(=O)C(CN)CC(C)C)cccc1[N+](=O)[O-]. The maximum atomic E-state index is 12.2. The van der Waals surface area contributed by atoms with Crippen LogP contribution in [0, 0.1) is 28.9 Å². The molecule has 0 fully saturated rings. The smallest absolute Gasteiger partial charge is 0.274 e. The van der Waals surface area contributed by atoms with E-state index >= 15 is 0 Å². The lowest BCUT2D eigenvalue weighted by Gasteiger charge is -2.17. The van der Waals surface area contributed by atoms with E-state index in [1.807, 2.05) is 13.8 Å². The van der Waals surface area contributed by atoms with Gasteiger partial charge in [-0.3, -0.25) is 14.9 Å². The van der Waals surface area contributed by atoms with Gasteiger partial charge in [0.2, 0.25) is 5.91 Å². The van der Waals surface area contributed by atoms with E-state index in [0.29, 0.717) is 23.6 Å². The molecule has 3 N–H and O–H groups in total. The zero-order chi connectivity index (χ0) is 15.3. The predicted octanol–water partition coefficient (Wildman–Crippen LogP) is 2.46. The first kappa shape index (κ1) is 16.1. The highest BCUT2D eigenvalue weighted by Gasteiger charge is 2.20. The molecule has 0 saturated heterocycles. The van der Waals surface area contributed by atoms with Crippen molar-refractivity contribution in [2.45, 2.75) is 27.2 Å². The molecule has 20 heavy (non-hydrogen) atoms. The number of carbonyl (C=O) groups is 1. The van der Waals surface area contributed by atoms with Crippen molar-refractivity contribution in [3.63, 3.8) is 0 Å². The lowest BCUT2D eigenvalue weighted by Crippen LogP contribution is -2.30. The van der Waals surface area contributed by atoms with Gasteiger partial charge in [0.25, 0.3) is 5.69 Å². The Bertz CT molecular complexity index is 500. The molecular formula is C14H21N3O3. The Morgan fingerprint density at radius 1 is 1.45 bits per heavy atom. The number of nitrogens with one attached hydrogen (secondary N) is 1. The van der Waals surface area contributed by atoms with E-state index in [1.165, 1.54) is 6.07 Å². The second kappa shape index (κ2) is 7.00. The summed E-state index contributed by atoms with van der Waals surface area (Å²) in [6.07, 6.45) is 0.691. The summed E-state index contributed by atoms with van der Waals surface area (Å²) in [6, 6.07) is 4.63. The van der Waals surface area contributed by atoms with Crippen LogP contribution < -0.4 is 11.1 Å². The summed E-state index contributed by atoms with van der Waals surface area (Å²) in [5, 5.41) is 13.6. The van der Waals surface area contributed by atoms with Crippen molar-refractivity contribution >= 4 is 17.3 Å². The number of hydrogen-bond acceptors (Lipinski definition) is 4. The lowest BCUT2D eigenvalue weighted by molar-refractivity contribution is -0.385. The third-order valence-corrected chi connectivity index (χ3v) is 3.17. The quantitative estimate of drug-likeness (QED) is 0.617. The summed E-state index contributed by atoms with van der Waals surface area (Å²) in [4.78, 5) is 22.6. The second-order valence-electron chi connectivity index (χ2n) is 5.26. The Balaban J connectivity index is 2.90. The van der Waals surface area contributed by atoms with E-state index in [4.69, 9.17) is 5.73 Å². The summed E-state index contributed by atoms with van der Waals surface area (Å²) in [6.45, 7) is 5.93. The van der Waals surface area contributed by atoms with Crippen LogP contribution in [0.5, 0.6) is 0 Å². The molecule has 1 amide bonds. The number of benzene rings is 1. The molecule has 0 aliphatic rings. The standard InChI is InChI=1S/C14H21N3O3/c1-9(2)7-11(8-15)14(18)16-12-5-4-6-13(10(12)3)17(19)20/h4-6,9,11H,7-8,15H2,1-3H3,(H,16,18). The van der Waals surface area contributed by atoms with Gasteiger partial charge >= 0.3 is 0 Å². The van der Waals surface area contributed by atoms with Crippen molar-refractivity contribution in [1.29, 1.82) is 0 Å². The van der Waals surface area contributed by atoms with Crippen molar-refractivity contribution in [3.8, 4) is 0 Å². The molecule has 0 aromatic heterocycles. The van der Waals surface area contributed by atoms with E-state index in [0.717, 1.165) is 0 Å². The minimum Gasteiger partial charge on any atom is -0.330 e. The highest BCUT2D eigenvalue weighted by molar-refractivity contribution is 5.93.